The molecule has 0 atom stereocenters. The minimum Gasteiger partial charge on any atom is -0.478 e. The highest BCUT2D eigenvalue weighted by Crippen LogP contribution is 2.28. The summed E-state index contributed by atoms with van der Waals surface area (Å²) in [5.41, 5.74) is 1.84. The maximum Gasteiger partial charge on any atom is 0.337 e. The standard InChI is InChI=1S/C11H11Cl2NO4/c1-2-5-18-14-10(15)8-7(12)4-3-6(9(8)13)11(16)17/h3-4H,2,5H2,1H3,(H,14,15)(H,16,17). The minimum absolute atomic E-state index is 0.0580. The zero-order valence-electron chi connectivity index (χ0n) is 9.50. The van der Waals surface area contributed by atoms with E-state index in [-0.39, 0.29) is 21.2 Å². The second-order valence-electron chi connectivity index (χ2n) is 3.37. The SMILES string of the molecule is CCCONC(=O)c1c(Cl)ccc(C(=O)O)c1Cl. The number of amides is 1. The number of hydrogen-bond donors (Lipinski definition) is 2. The Kier molecular flexibility index (Phi) is 5.40. The van der Waals surface area contributed by atoms with Crippen LogP contribution in [-0.2, 0) is 4.84 Å². The highest BCUT2D eigenvalue weighted by molar-refractivity contribution is 6.41. The van der Waals surface area contributed by atoms with Gasteiger partial charge < -0.3 is 5.11 Å². The number of rotatable bonds is 5. The van der Waals surface area contributed by atoms with E-state index in [1.54, 1.807) is 0 Å². The summed E-state index contributed by atoms with van der Waals surface area (Å²) in [6.45, 7) is 2.21. The van der Waals surface area contributed by atoms with Gasteiger partial charge in [-0.15, -0.1) is 0 Å². The van der Waals surface area contributed by atoms with Crippen molar-refractivity contribution in [3.63, 3.8) is 0 Å². The molecule has 0 heterocycles. The third-order valence-electron chi connectivity index (χ3n) is 2.02. The van der Waals surface area contributed by atoms with Gasteiger partial charge in [-0.2, -0.15) is 0 Å². The van der Waals surface area contributed by atoms with Crippen LogP contribution in [0.3, 0.4) is 0 Å². The maximum absolute atomic E-state index is 11.7. The lowest BCUT2D eigenvalue weighted by molar-refractivity contribution is 0.0315. The number of carbonyl (C=O) groups excluding carboxylic acids is 1. The molecule has 1 rings (SSSR count). The Morgan fingerprint density at radius 2 is 2.06 bits per heavy atom. The van der Waals surface area contributed by atoms with Crippen LogP contribution in [0.15, 0.2) is 12.1 Å². The molecule has 0 fully saturated rings. The molecule has 2 N–H and O–H groups in total. The van der Waals surface area contributed by atoms with Crippen LogP contribution in [0.5, 0.6) is 0 Å². The first-order chi connectivity index (χ1) is 8.49. The molecule has 0 aliphatic carbocycles. The Labute approximate surface area is 114 Å². The van der Waals surface area contributed by atoms with E-state index in [4.69, 9.17) is 33.1 Å². The average Bonchev–Trinajstić information content (AvgIpc) is 2.28. The summed E-state index contributed by atoms with van der Waals surface area (Å²) in [4.78, 5) is 27.5. The van der Waals surface area contributed by atoms with Crippen molar-refractivity contribution in [3.05, 3.63) is 33.3 Å². The topological polar surface area (TPSA) is 75.6 Å². The smallest absolute Gasteiger partial charge is 0.337 e. The molecule has 0 unspecified atom stereocenters. The summed E-state index contributed by atoms with van der Waals surface area (Å²) in [5.74, 6) is -1.92. The van der Waals surface area contributed by atoms with E-state index in [1.165, 1.54) is 12.1 Å². The predicted octanol–water partition coefficient (Wildman–Crippen LogP) is 2.76. The lowest BCUT2D eigenvalue weighted by atomic mass is 10.1. The number of halogens is 2. The molecule has 0 saturated heterocycles. The molecule has 0 aliphatic rings. The van der Waals surface area contributed by atoms with E-state index < -0.39 is 11.9 Å². The molecule has 0 aromatic heterocycles. The number of hydroxylamine groups is 1. The molecule has 18 heavy (non-hydrogen) atoms. The summed E-state index contributed by atoms with van der Waals surface area (Å²) in [5, 5.41) is 8.73. The molecule has 1 aromatic rings. The molecule has 5 nitrogen and oxygen atoms in total. The van der Waals surface area contributed by atoms with Gasteiger partial charge in [0.15, 0.2) is 0 Å². The van der Waals surface area contributed by atoms with Crippen molar-refractivity contribution >= 4 is 35.1 Å². The van der Waals surface area contributed by atoms with Gasteiger partial charge in [0, 0.05) is 0 Å². The van der Waals surface area contributed by atoms with E-state index in [1.807, 2.05) is 6.92 Å². The third-order valence-corrected chi connectivity index (χ3v) is 2.73. The Balaban J connectivity index is 3.03. The van der Waals surface area contributed by atoms with E-state index in [0.29, 0.717) is 6.61 Å². The van der Waals surface area contributed by atoms with Crippen LogP contribution in [0, 0.1) is 0 Å². The first-order valence-corrected chi connectivity index (χ1v) is 5.88. The molecular formula is C11H11Cl2NO4. The number of hydrogen-bond acceptors (Lipinski definition) is 3. The second kappa shape index (κ2) is 6.58. The van der Waals surface area contributed by atoms with Gasteiger partial charge >= 0.3 is 5.97 Å². The van der Waals surface area contributed by atoms with Crippen LogP contribution in [0.2, 0.25) is 10.0 Å². The van der Waals surface area contributed by atoms with Gasteiger partial charge in [-0.25, -0.2) is 10.3 Å². The zero-order valence-corrected chi connectivity index (χ0v) is 11.0. The number of carboxylic acid groups (broad SMARTS) is 1. The van der Waals surface area contributed by atoms with Crippen molar-refractivity contribution in [1.82, 2.24) is 5.48 Å². The van der Waals surface area contributed by atoms with Crippen LogP contribution in [0.25, 0.3) is 0 Å². The molecule has 0 aliphatic heterocycles. The number of benzene rings is 1. The monoisotopic (exact) mass is 291 g/mol. The van der Waals surface area contributed by atoms with E-state index in [9.17, 15) is 9.59 Å². The van der Waals surface area contributed by atoms with Crippen LogP contribution in [0.1, 0.15) is 34.1 Å². The predicted molar refractivity (Wildman–Crippen MR) is 67.1 cm³/mol. The Morgan fingerprint density at radius 1 is 1.39 bits per heavy atom. The van der Waals surface area contributed by atoms with E-state index in [2.05, 4.69) is 5.48 Å². The van der Waals surface area contributed by atoms with Crippen LogP contribution in [0.4, 0.5) is 0 Å². The second-order valence-corrected chi connectivity index (χ2v) is 4.15. The van der Waals surface area contributed by atoms with Crippen molar-refractivity contribution in [1.29, 1.82) is 0 Å². The van der Waals surface area contributed by atoms with Crippen molar-refractivity contribution in [2.24, 2.45) is 0 Å². The number of carbonyl (C=O) groups is 2. The van der Waals surface area contributed by atoms with Crippen molar-refractivity contribution < 1.29 is 19.5 Å². The van der Waals surface area contributed by atoms with Gasteiger partial charge in [-0.05, 0) is 18.6 Å². The highest BCUT2D eigenvalue weighted by atomic mass is 35.5. The van der Waals surface area contributed by atoms with Crippen molar-refractivity contribution in [3.8, 4) is 0 Å². The van der Waals surface area contributed by atoms with Gasteiger partial charge in [0.1, 0.15) is 0 Å². The fraction of sp³-hybridized carbons (Fsp3) is 0.273. The average molecular weight is 292 g/mol. The minimum atomic E-state index is -1.24. The summed E-state index contributed by atoms with van der Waals surface area (Å²) in [7, 11) is 0. The van der Waals surface area contributed by atoms with Crippen molar-refractivity contribution in [2.45, 2.75) is 13.3 Å². The molecule has 0 bridgehead atoms. The molecule has 7 heteroatoms. The molecule has 0 radical (unpaired) electrons. The van der Waals surface area contributed by atoms with Gasteiger partial charge in [-0.3, -0.25) is 9.63 Å². The van der Waals surface area contributed by atoms with Gasteiger partial charge in [-0.1, -0.05) is 30.1 Å². The molecule has 0 saturated carbocycles. The van der Waals surface area contributed by atoms with Gasteiger partial charge in [0.05, 0.1) is 27.8 Å². The fourth-order valence-corrected chi connectivity index (χ4v) is 1.82. The number of carboxylic acids is 1. The highest BCUT2D eigenvalue weighted by Gasteiger charge is 2.20. The first kappa shape index (κ1) is 14.8. The molecule has 0 spiro atoms. The molecular weight excluding hydrogens is 281 g/mol. The molecule has 1 aromatic carbocycles. The van der Waals surface area contributed by atoms with E-state index >= 15 is 0 Å². The normalized spacial score (nSPS) is 10.2. The first-order valence-electron chi connectivity index (χ1n) is 5.12. The maximum atomic E-state index is 11.7. The van der Waals surface area contributed by atoms with Gasteiger partial charge in [0.25, 0.3) is 5.91 Å². The number of aromatic carboxylic acids is 1. The van der Waals surface area contributed by atoms with Gasteiger partial charge in [0.2, 0.25) is 0 Å². The lowest BCUT2D eigenvalue weighted by Crippen LogP contribution is -2.25. The molecule has 98 valence electrons. The Bertz CT molecular complexity index is 476. The van der Waals surface area contributed by atoms with Crippen molar-refractivity contribution in [2.75, 3.05) is 6.61 Å². The lowest BCUT2D eigenvalue weighted by Gasteiger charge is -2.09. The van der Waals surface area contributed by atoms with Crippen LogP contribution in [-0.4, -0.2) is 23.6 Å². The Morgan fingerprint density at radius 3 is 2.61 bits per heavy atom. The quantitative estimate of drug-likeness (QED) is 0.646. The van der Waals surface area contributed by atoms with E-state index in [0.717, 1.165) is 6.42 Å². The third kappa shape index (κ3) is 3.35. The fourth-order valence-electron chi connectivity index (χ4n) is 1.20. The summed E-state index contributed by atoms with van der Waals surface area (Å²) in [6.07, 6.45) is 0.719. The summed E-state index contributed by atoms with van der Waals surface area (Å²) < 4.78 is 0. The summed E-state index contributed by atoms with van der Waals surface area (Å²) >= 11 is 11.7. The van der Waals surface area contributed by atoms with Crippen LogP contribution < -0.4 is 5.48 Å². The largest absolute Gasteiger partial charge is 0.478 e. The summed E-state index contributed by atoms with van der Waals surface area (Å²) in [6, 6.07) is 2.53. The molecule has 1 amide bonds. The Hall–Kier alpha value is -1.30. The number of nitrogens with one attached hydrogen (secondary N) is 1. The zero-order chi connectivity index (χ0) is 13.7. The van der Waals surface area contributed by atoms with Crippen LogP contribution >= 0.6 is 23.2 Å².